The van der Waals surface area contributed by atoms with Crippen LogP contribution in [-0.2, 0) is 4.79 Å². The predicted molar refractivity (Wildman–Crippen MR) is 68.9 cm³/mol. The maximum absolute atomic E-state index is 12.4. The molecule has 2 fully saturated rings. The van der Waals surface area contributed by atoms with Gasteiger partial charge in [-0.15, -0.1) is 5.10 Å². The smallest absolute Gasteiger partial charge is 0.352 e. The number of aromatic nitrogens is 2. The van der Waals surface area contributed by atoms with Crippen LogP contribution in [0, 0.1) is 0 Å². The molecule has 0 aromatic carbocycles. The maximum Gasteiger partial charge on any atom is 0.471 e. The third-order valence-corrected chi connectivity index (χ3v) is 3.80. The topological polar surface area (TPSA) is 49.3 Å². The summed E-state index contributed by atoms with van der Waals surface area (Å²) in [5.41, 5.74) is 0.977. The van der Waals surface area contributed by atoms with Crippen LogP contribution in [0.3, 0.4) is 0 Å². The summed E-state index contributed by atoms with van der Waals surface area (Å²) in [4.78, 5) is 13.8. The molecule has 114 valence electrons. The van der Waals surface area contributed by atoms with E-state index >= 15 is 0 Å². The number of amides is 1. The first-order valence-electron chi connectivity index (χ1n) is 6.90. The molecule has 0 spiro atoms. The lowest BCUT2D eigenvalue weighted by Crippen LogP contribution is -2.52. The first-order valence-corrected chi connectivity index (χ1v) is 6.90. The lowest BCUT2D eigenvalue weighted by Gasteiger charge is -2.35. The molecule has 8 heteroatoms. The number of alkyl halides is 3. The summed E-state index contributed by atoms with van der Waals surface area (Å²) in [6.07, 6.45) is -2.51. The van der Waals surface area contributed by atoms with E-state index in [-0.39, 0.29) is 13.1 Å². The molecule has 0 bridgehead atoms. The highest BCUT2D eigenvalue weighted by atomic mass is 19.4. The highest BCUT2D eigenvalue weighted by Gasteiger charge is 2.43. The van der Waals surface area contributed by atoms with Crippen molar-refractivity contribution in [2.45, 2.75) is 24.9 Å². The predicted octanol–water partition coefficient (Wildman–Crippen LogP) is 1.56. The molecule has 21 heavy (non-hydrogen) atoms. The minimum Gasteiger partial charge on any atom is -0.352 e. The van der Waals surface area contributed by atoms with E-state index in [2.05, 4.69) is 10.2 Å². The van der Waals surface area contributed by atoms with Gasteiger partial charge in [-0.05, 0) is 25.0 Å². The zero-order chi connectivity index (χ0) is 15.0. The van der Waals surface area contributed by atoms with Crippen molar-refractivity contribution >= 4 is 11.7 Å². The molecular weight excluding hydrogens is 285 g/mol. The Morgan fingerprint density at radius 1 is 1.10 bits per heavy atom. The standard InChI is InChI=1S/C13H15F3N4O/c14-13(15,16)12(21)20-7-5-19(6-8-20)11-4-3-10(17-18-11)9-1-2-9/h3-4,9H,1-2,5-8H2. The number of rotatable bonds is 2. The molecule has 0 atom stereocenters. The Hall–Kier alpha value is -1.86. The molecule has 5 nitrogen and oxygen atoms in total. The molecule has 2 aliphatic rings. The third-order valence-electron chi connectivity index (χ3n) is 3.80. The monoisotopic (exact) mass is 300 g/mol. The number of hydrogen-bond donors (Lipinski definition) is 0. The van der Waals surface area contributed by atoms with Crippen molar-refractivity contribution in [3.63, 3.8) is 0 Å². The van der Waals surface area contributed by atoms with Crippen LogP contribution in [-0.4, -0.2) is 53.4 Å². The van der Waals surface area contributed by atoms with Gasteiger partial charge in [-0.3, -0.25) is 4.79 Å². The lowest BCUT2D eigenvalue weighted by atomic mass is 10.2. The average Bonchev–Trinajstić information content (AvgIpc) is 3.31. The third kappa shape index (κ3) is 3.08. The first kappa shape index (κ1) is 14.1. The van der Waals surface area contributed by atoms with Crippen molar-refractivity contribution in [2.75, 3.05) is 31.1 Å². The number of carbonyl (C=O) groups excluding carboxylic acids is 1. The fraction of sp³-hybridized carbons (Fsp3) is 0.615. The van der Waals surface area contributed by atoms with Crippen LogP contribution in [0.4, 0.5) is 19.0 Å². The second-order valence-corrected chi connectivity index (χ2v) is 5.37. The highest BCUT2D eigenvalue weighted by Crippen LogP contribution is 2.38. The zero-order valence-corrected chi connectivity index (χ0v) is 11.3. The van der Waals surface area contributed by atoms with Gasteiger partial charge in [0.1, 0.15) is 0 Å². The van der Waals surface area contributed by atoms with Gasteiger partial charge in [0, 0.05) is 32.1 Å². The fourth-order valence-electron chi connectivity index (χ4n) is 2.42. The van der Waals surface area contributed by atoms with Gasteiger partial charge in [-0.1, -0.05) is 0 Å². The number of carbonyl (C=O) groups is 1. The summed E-state index contributed by atoms with van der Waals surface area (Å²) in [6, 6.07) is 3.77. The number of nitrogens with zero attached hydrogens (tertiary/aromatic N) is 4. The minimum absolute atomic E-state index is 0.0460. The second-order valence-electron chi connectivity index (χ2n) is 5.37. The lowest BCUT2D eigenvalue weighted by molar-refractivity contribution is -0.185. The van der Waals surface area contributed by atoms with Crippen LogP contribution in [0.2, 0.25) is 0 Å². The van der Waals surface area contributed by atoms with E-state index in [1.807, 2.05) is 17.0 Å². The Labute approximate surface area is 119 Å². The quantitative estimate of drug-likeness (QED) is 0.832. The molecule has 1 aromatic heterocycles. The van der Waals surface area contributed by atoms with E-state index < -0.39 is 12.1 Å². The van der Waals surface area contributed by atoms with Crippen molar-refractivity contribution in [3.05, 3.63) is 17.8 Å². The Bertz CT molecular complexity index is 519. The van der Waals surface area contributed by atoms with Crippen LogP contribution in [0.1, 0.15) is 24.5 Å². The van der Waals surface area contributed by atoms with Crippen LogP contribution in [0.25, 0.3) is 0 Å². The Balaban J connectivity index is 1.59. The van der Waals surface area contributed by atoms with Gasteiger partial charge in [-0.2, -0.15) is 18.3 Å². The van der Waals surface area contributed by atoms with Crippen molar-refractivity contribution in [2.24, 2.45) is 0 Å². The molecule has 1 aromatic rings. The van der Waals surface area contributed by atoms with Gasteiger partial charge in [0.05, 0.1) is 5.69 Å². The Kier molecular flexibility index (Phi) is 3.46. The van der Waals surface area contributed by atoms with Crippen molar-refractivity contribution < 1.29 is 18.0 Å². The van der Waals surface area contributed by atoms with E-state index in [9.17, 15) is 18.0 Å². The van der Waals surface area contributed by atoms with Gasteiger partial charge < -0.3 is 9.80 Å². The van der Waals surface area contributed by atoms with E-state index in [4.69, 9.17) is 0 Å². The summed E-state index contributed by atoms with van der Waals surface area (Å²) < 4.78 is 37.1. The molecule has 1 saturated heterocycles. The van der Waals surface area contributed by atoms with E-state index in [1.165, 1.54) is 0 Å². The van der Waals surface area contributed by atoms with Gasteiger partial charge in [0.2, 0.25) is 0 Å². The molecular formula is C13H15F3N4O. The number of halogens is 3. The SMILES string of the molecule is O=C(N1CCN(c2ccc(C3CC3)nn2)CC1)C(F)(F)F. The molecule has 2 heterocycles. The van der Waals surface area contributed by atoms with Crippen LogP contribution in [0.5, 0.6) is 0 Å². The Morgan fingerprint density at radius 3 is 2.24 bits per heavy atom. The molecule has 0 N–H and O–H groups in total. The summed E-state index contributed by atoms with van der Waals surface area (Å²) in [5.74, 6) is -0.594. The van der Waals surface area contributed by atoms with E-state index in [1.54, 1.807) is 0 Å². The fourth-order valence-corrected chi connectivity index (χ4v) is 2.42. The van der Waals surface area contributed by atoms with Crippen LogP contribution in [0.15, 0.2) is 12.1 Å². The maximum atomic E-state index is 12.4. The van der Waals surface area contributed by atoms with Gasteiger partial charge >= 0.3 is 12.1 Å². The van der Waals surface area contributed by atoms with Crippen molar-refractivity contribution in [1.82, 2.24) is 15.1 Å². The van der Waals surface area contributed by atoms with E-state index in [0.717, 1.165) is 23.4 Å². The summed E-state index contributed by atoms with van der Waals surface area (Å²) >= 11 is 0. The first-order chi connectivity index (χ1) is 9.95. The Morgan fingerprint density at radius 2 is 1.76 bits per heavy atom. The summed E-state index contributed by atoms with van der Waals surface area (Å²) in [6.45, 7) is 0.757. The van der Waals surface area contributed by atoms with Crippen molar-refractivity contribution in [3.8, 4) is 0 Å². The van der Waals surface area contributed by atoms with Gasteiger partial charge in [0.15, 0.2) is 5.82 Å². The van der Waals surface area contributed by atoms with Crippen molar-refractivity contribution in [1.29, 1.82) is 0 Å². The molecule has 1 aliphatic heterocycles. The molecule has 1 saturated carbocycles. The summed E-state index contributed by atoms with van der Waals surface area (Å²) in [7, 11) is 0. The molecule has 0 radical (unpaired) electrons. The molecule has 1 amide bonds. The van der Waals surface area contributed by atoms with Gasteiger partial charge in [0.25, 0.3) is 0 Å². The normalized spacial score (nSPS) is 19.8. The zero-order valence-electron chi connectivity index (χ0n) is 11.3. The van der Waals surface area contributed by atoms with Crippen LogP contribution < -0.4 is 4.90 Å². The van der Waals surface area contributed by atoms with Gasteiger partial charge in [-0.25, -0.2) is 0 Å². The summed E-state index contributed by atoms with van der Waals surface area (Å²) in [5, 5.41) is 8.29. The molecule has 0 unspecified atom stereocenters. The van der Waals surface area contributed by atoms with Crippen LogP contribution >= 0.6 is 0 Å². The highest BCUT2D eigenvalue weighted by molar-refractivity contribution is 5.82. The number of piperazine rings is 1. The molecule has 3 rings (SSSR count). The number of anilines is 1. The van der Waals surface area contributed by atoms with E-state index in [0.29, 0.717) is 24.8 Å². The number of hydrogen-bond acceptors (Lipinski definition) is 4. The second kappa shape index (κ2) is 5.16. The minimum atomic E-state index is -4.80. The molecule has 1 aliphatic carbocycles. The largest absolute Gasteiger partial charge is 0.471 e. The average molecular weight is 300 g/mol.